The maximum Gasteiger partial charge on any atom is 0.407 e. The molecule has 19 heavy (non-hydrogen) atoms. The van der Waals surface area contributed by atoms with Gasteiger partial charge in [0.2, 0.25) is 5.91 Å². The van der Waals surface area contributed by atoms with E-state index in [9.17, 15) is 9.59 Å². The molecule has 1 aliphatic rings. The predicted molar refractivity (Wildman–Crippen MR) is 72.5 cm³/mol. The van der Waals surface area contributed by atoms with Crippen LogP contribution in [0.15, 0.2) is 0 Å². The molecule has 1 rings (SSSR count). The first kappa shape index (κ1) is 15.8. The maximum atomic E-state index is 12.3. The van der Waals surface area contributed by atoms with Crippen molar-refractivity contribution in [2.75, 3.05) is 26.7 Å². The van der Waals surface area contributed by atoms with Gasteiger partial charge in [0.1, 0.15) is 0 Å². The molecule has 2 atom stereocenters. The van der Waals surface area contributed by atoms with Crippen LogP contribution in [0.3, 0.4) is 0 Å². The molecule has 0 aromatic heterocycles. The summed E-state index contributed by atoms with van der Waals surface area (Å²) in [4.78, 5) is 25.2. The number of methoxy groups -OCH3 is 1. The highest BCUT2D eigenvalue weighted by atomic mass is 16.5. The number of amides is 2. The molecule has 0 aromatic rings. The van der Waals surface area contributed by atoms with Gasteiger partial charge in [-0.2, -0.15) is 0 Å². The van der Waals surface area contributed by atoms with Crippen molar-refractivity contribution in [1.29, 1.82) is 0 Å². The van der Waals surface area contributed by atoms with Gasteiger partial charge in [0.25, 0.3) is 0 Å². The van der Waals surface area contributed by atoms with Crippen LogP contribution >= 0.6 is 0 Å². The van der Waals surface area contributed by atoms with E-state index in [0.29, 0.717) is 25.6 Å². The van der Waals surface area contributed by atoms with Gasteiger partial charge < -0.3 is 20.7 Å². The number of nitrogens with two attached hydrogens (primary N) is 1. The van der Waals surface area contributed by atoms with E-state index in [4.69, 9.17) is 5.73 Å². The second kappa shape index (κ2) is 7.33. The van der Waals surface area contributed by atoms with Crippen LogP contribution in [0.5, 0.6) is 0 Å². The van der Waals surface area contributed by atoms with Crippen molar-refractivity contribution in [3.05, 3.63) is 0 Å². The van der Waals surface area contributed by atoms with Crippen molar-refractivity contribution in [1.82, 2.24) is 10.2 Å². The Balaban J connectivity index is 2.48. The Morgan fingerprint density at radius 2 is 2.16 bits per heavy atom. The monoisotopic (exact) mass is 271 g/mol. The lowest BCUT2D eigenvalue weighted by atomic mass is 9.96. The number of nitrogens with one attached hydrogen (secondary N) is 1. The van der Waals surface area contributed by atoms with Crippen LogP contribution in [0.2, 0.25) is 0 Å². The normalized spacial score (nSPS) is 20.5. The highest BCUT2D eigenvalue weighted by Gasteiger charge is 2.31. The topological polar surface area (TPSA) is 84.7 Å². The van der Waals surface area contributed by atoms with E-state index in [0.717, 1.165) is 12.8 Å². The van der Waals surface area contributed by atoms with Gasteiger partial charge in [0.15, 0.2) is 0 Å². The molecule has 1 heterocycles. The van der Waals surface area contributed by atoms with Gasteiger partial charge in [-0.1, -0.05) is 13.8 Å². The van der Waals surface area contributed by atoms with Crippen molar-refractivity contribution >= 4 is 12.0 Å². The van der Waals surface area contributed by atoms with Gasteiger partial charge in [0.05, 0.1) is 19.1 Å². The molecule has 0 saturated carbocycles. The molecule has 6 heteroatoms. The fraction of sp³-hybridized carbons (Fsp3) is 0.846. The lowest BCUT2D eigenvalue weighted by Crippen LogP contribution is -2.41. The Hall–Kier alpha value is -1.30. The maximum absolute atomic E-state index is 12.3. The third-order valence-corrected chi connectivity index (χ3v) is 3.40. The van der Waals surface area contributed by atoms with Crippen LogP contribution in [-0.4, -0.2) is 49.7 Å². The molecule has 2 unspecified atom stereocenters. The summed E-state index contributed by atoms with van der Waals surface area (Å²) in [7, 11) is 1.33. The van der Waals surface area contributed by atoms with Crippen molar-refractivity contribution in [2.24, 2.45) is 17.6 Å². The number of nitrogens with zero attached hydrogens (tertiary/aromatic N) is 1. The molecule has 110 valence electrons. The van der Waals surface area contributed by atoms with E-state index < -0.39 is 6.09 Å². The standard InChI is InChI=1S/C13H25N3O3/c1-9(2)6-10(7-14)12(17)16-5-4-11(8-16)15-13(18)19-3/h9-11H,4-8,14H2,1-3H3,(H,15,18). The molecule has 0 aromatic carbocycles. The summed E-state index contributed by atoms with van der Waals surface area (Å²) < 4.78 is 4.56. The van der Waals surface area contributed by atoms with Crippen LogP contribution in [0.4, 0.5) is 4.79 Å². The number of likely N-dealkylation sites (tertiary alicyclic amines) is 1. The number of hydrogen-bond donors (Lipinski definition) is 2. The third-order valence-electron chi connectivity index (χ3n) is 3.40. The van der Waals surface area contributed by atoms with Gasteiger partial charge in [-0.05, 0) is 18.8 Å². The SMILES string of the molecule is COC(=O)NC1CCN(C(=O)C(CN)CC(C)C)C1. The molecular weight excluding hydrogens is 246 g/mol. The Bertz CT molecular complexity index is 320. The molecule has 0 bridgehead atoms. The predicted octanol–water partition coefficient (Wildman–Crippen LogP) is 0.564. The summed E-state index contributed by atoms with van der Waals surface area (Å²) in [5.41, 5.74) is 5.69. The van der Waals surface area contributed by atoms with Crippen LogP contribution in [-0.2, 0) is 9.53 Å². The molecule has 0 spiro atoms. The van der Waals surface area contributed by atoms with Gasteiger partial charge in [-0.25, -0.2) is 4.79 Å². The Kier molecular flexibility index (Phi) is 6.08. The van der Waals surface area contributed by atoms with E-state index in [1.54, 1.807) is 4.90 Å². The highest BCUT2D eigenvalue weighted by molar-refractivity contribution is 5.79. The van der Waals surface area contributed by atoms with E-state index in [2.05, 4.69) is 23.9 Å². The Morgan fingerprint density at radius 1 is 1.47 bits per heavy atom. The van der Waals surface area contributed by atoms with Crippen LogP contribution in [0.25, 0.3) is 0 Å². The first-order chi connectivity index (χ1) is 8.97. The van der Waals surface area contributed by atoms with Crippen molar-refractivity contribution in [3.8, 4) is 0 Å². The second-order valence-corrected chi connectivity index (χ2v) is 5.47. The summed E-state index contributed by atoms with van der Waals surface area (Å²) >= 11 is 0. The van der Waals surface area contributed by atoms with Crippen molar-refractivity contribution in [2.45, 2.75) is 32.7 Å². The molecule has 1 saturated heterocycles. The van der Waals surface area contributed by atoms with Gasteiger partial charge in [0, 0.05) is 19.6 Å². The summed E-state index contributed by atoms with van der Waals surface area (Å²) in [5.74, 6) is 0.436. The summed E-state index contributed by atoms with van der Waals surface area (Å²) in [6.45, 7) is 5.76. The van der Waals surface area contributed by atoms with Crippen molar-refractivity contribution in [3.63, 3.8) is 0 Å². The minimum Gasteiger partial charge on any atom is -0.453 e. The molecule has 0 radical (unpaired) electrons. The number of carbonyl (C=O) groups excluding carboxylic acids is 2. The van der Waals surface area contributed by atoms with E-state index >= 15 is 0 Å². The highest BCUT2D eigenvalue weighted by Crippen LogP contribution is 2.18. The molecular formula is C13H25N3O3. The zero-order chi connectivity index (χ0) is 14.4. The fourth-order valence-electron chi connectivity index (χ4n) is 2.43. The number of carbonyl (C=O) groups is 2. The lowest BCUT2D eigenvalue weighted by Gasteiger charge is -2.23. The van der Waals surface area contributed by atoms with Gasteiger partial charge in [-0.3, -0.25) is 4.79 Å². The van der Waals surface area contributed by atoms with Crippen LogP contribution < -0.4 is 11.1 Å². The number of rotatable bonds is 5. The molecule has 6 nitrogen and oxygen atoms in total. The molecule has 1 fully saturated rings. The van der Waals surface area contributed by atoms with E-state index in [-0.39, 0.29) is 17.9 Å². The van der Waals surface area contributed by atoms with Crippen LogP contribution in [0.1, 0.15) is 26.7 Å². The lowest BCUT2D eigenvalue weighted by molar-refractivity contribution is -0.134. The molecule has 1 aliphatic heterocycles. The fourth-order valence-corrected chi connectivity index (χ4v) is 2.43. The molecule has 2 amide bonds. The largest absolute Gasteiger partial charge is 0.453 e. The van der Waals surface area contributed by atoms with Crippen LogP contribution in [0, 0.1) is 11.8 Å². The number of hydrogen-bond acceptors (Lipinski definition) is 4. The zero-order valence-corrected chi connectivity index (χ0v) is 12.0. The zero-order valence-electron chi connectivity index (χ0n) is 12.0. The van der Waals surface area contributed by atoms with E-state index in [1.165, 1.54) is 7.11 Å². The number of ether oxygens (including phenoxy) is 1. The minimum absolute atomic E-state index is 0.0196. The first-order valence-electron chi connectivity index (χ1n) is 6.81. The summed E-state index contributed by atoms with van der Waals surface area (Å²) in [6.07, 6.45) is 1.12. The minimum atomic E-state index is -0.447. The summed E-state index contributed by atoms with van der Waals surface area (Å²) in [6, 6.07) is -0.0196. The average Bonchev–Trinajstić information content (AvgIpc) is 2.83. The van der Waals surface area contributed by atoms with Crippen molar-refractivity contribution < 1.29 is 14.3 Å². The Labute approximate surface area is 114 Å². The van der Waals surface area contributed by atoms with Gasteiger partial charge in [-0.15, -0.1) is 0 Å². The average molecular weight is 271 g/mol. The smallest absolute Gasteiger partial charge is 0.407 e. The van der Waals surface area contributed by atoms with E-state index in [1.807, 2.05) is 0 Å². The first-order valence-corrected chi connectivity index (χ1v) is 6.81. The quantitative estimate of drug-likeness (QED) is 0.765. The third kappa shape index (κ3) is 4.70. The molecule has 3 N–H and O–H groups in total. The molecule has 0 aliphatic carbocycles. The number of alkyl carbamates (subject to hydrolysis) is 1. The second-order valence-electron chi connectivity index (χ2n) is 5.47. The Morgan fingerprint density at radius 3 is 2.68 bits per heavy atom. The summed E-state index contributed by atoms with van der Waals surface area (Å²) in [5, 5.41) is 2.72. The van der Waals surface area contributed by atoms with Gasteiger partial charge >= 0.3 is 6.09 Å².